The van der Waals surface area contributed by atoms with Crippen molar-refractivity contribution in [1.82, 2.24) is 48.3 Å². The average Bonchev–Trinajstić information content (AvgIpc) is 3.75. The van der Waals surface area contributed by atoms with Gasteiger partial charge in [0, 0.05) is 53.5 Å². The lowest BCUT2D eigenvalue weighted by molar-refractivity contribution is -0.0132. The van der Waals surface area contributed by atoms with Gasteiger partial charge in [-0.3, -0.25) is 28.1 Å². The maximum Gasteiger partial charge on any atom is 0.438 e. The highest BCUT2D eigenvalue weighted by atomic mass is 127. The number of ether oxygens (including phenoxy) is 2. The SMILES string of the molecule is Cc1cc(-n2nc(CI)c([C@@H]3COCCN3C(=O)c3cc4cc([C@H]5CCOC6(CC6)C5)ccc4n3[C@@]3(c4noc(=O)[nH]4)C[C@@H]3C)c2-n2ccn(-c3ccc4c(cnn4C)c3F)c2=O)cc(C)c1F. The molecular formula is C49H47F2IN10O6. The van der Waals surface area contributed by atoms with Gasteiger partial charge in [-0.15, -0.1) is 0 Å². The summed E-state index contributed by atoms with van der Waals surface area (Å²) in [6.07, 6.45) is 9.07. The zero-order valence-electron chi connectivity index (χ0n) is 37.8. The van der Waals surface area contributed by atoms with Crippen LogP contribution in [0.4, 0.5) is 8.78 Å². The highest BCUT2D eigenvalue weighted by Crippen LogP contribution is 2.56. The predicted molar refractivity (Wildman–Crippen MR) is 254 cm³/mol. The van der Waals surface area contributed by atoms with Crippen LogP contribution in [0.3, 0.4) is 0 Å². The van der Waals surface area contributed by atoms with E-state index in [1.807, 2.05) is 10.6 Å². The van der Waals surface area contributed by atoms with Crippen LogP contribution in [0.1, 0.15) is 95.2 Å². The topological polar surface area (TPSA) is 165 Å². The molecular weight excluding hydrogens is 990 g/mol. The number of hydrogen-bond acceptors (Lipinski definition) is 9. The van der Waals surface area contributed by atoms with Gasteiger partial charge >= 0.3 is 11.4 Å². The van der Waals surface area contributed by atoms with E-state index in [1.165, 1.54) is 27.1 Å². The molecule has 19 heteroatoms. The molecule has 3 aromatic carbocycles. The molecule has 0 bridgehead atoms. The van der Waals surface area contributed by atoms with Gasteiger partial charge < -0.3 is 18.9 Å². The number of benzene rings is 3. The number of aromatic nitrogens is 9. The molecule has 4 atom stereocenters. The van der Waals surface area contributed by atoms with Crippen molar-refractivity contribution in [2.75, 3.05) is 26.4 Å². The number of halogens is 3. The molecule has 2 saturated heterocycles. The smallest absolute Gasteiger partial charge is 0.377 e. The minimum atomic E-state index is -0.884. The molecule has 8 aromatic rings. The summed E-state index contributed by atoms with van der Waals surface area (Å²) in [7, 11) is 1.72. The third kappa shape index (κ3) is 6.54. The number of H-pyrrole nitrogens is 1. The summed E-state index contributed by atoms with van der Waals surface area (Å²) >= 11 is 2.22. The van der Waals surface area contributed by atoms with E-state index in [1.54, 1.807) is 65.6 Å². The second-order valence-electron chi connectivity index (χ2n) is 19.0. The largest absolute Gasteiger partial charge is 0.438 e. The number of hydrogen-bond donors (Lipinski definition) is 1. The second-order valence-corrected chi connectivity index (χ2v) is 19.8. The number of aryl methyl sites for hydroxylation is 3. The van der Waals surface area contributed by atoms with Crippen LogP contribution in [0.25, 0.3) is 39.0 Å². The molecule has 4 aliphatic rings. The molecule has 1 N–H and O–H groups in total. The van der Waals surface area contributed by atoms with E-state index in [4.69, 9.17) is 19.1 Å². The Morgan fingerprint density at radius 2 is 1.74 bits per heavy atom. The average molecular weight is 1040 g/mol. The van der Waals surface area contributed by atoms with Crippen molar-refractivity contribution in [3.63, 3.8) is 0 Å². The zero-order valence-corrected chi connectivity index (χ0v) is 39.9. The van der Waals surface area contributed by atoms with Crippen molar-refractivity contribution in [3.8, 4) is 17.2 Å². The van der Waals surface area contributed by atoms with Gasteiger partial charge in [0.05, 0.1) is 59.0 Å². The lowest BCUT2D eigenvalue weighted by atomic mass is 9.87. The number of imidazole rings is 1. The molecule has 2 aliphatic heterocycles. The highest BCUT2D eigenvalue weighted by molar-refractivity contribution is 14.1. The Balaban J connectivity index is 1.03. The minimum Gasteiger partial charge on any atom is -0.377 e. The number of rotatable bonds is 9. The van der Waals surface area contributed by atoms with Gasteiger partial charge in [-0.25, -0.2) is 23.1 Å². The van der Waals surface area contributed by atoms with Crippen LogP contribution in [0, 0.1) is 31.4 Å². The van der Waals surface area contributed by atoms with Crippen LogP contribution in [0.2, 0.25) is 0 Å². The van der Waals surface area contributed by atoms with Gasteiger partial charge in [-0.05, 0) is 117 Å². The fraction of sp³-hybridized carbons (Fsp3) is 0.388. The highest BCUT2D eigenvalue weighted by Gasteiger charge is 2.59. The zero-order chi connectivity index (χ0) is 47.0. The molecule has 2 saturated carbocycles. The van der Waals surface area contributed by atoms with E-state index in [9.17, 15) is 9.59 Å². The molecule has 12 rings (SSSR count). The van der Waals surface area contributed by atoms with Crippen molar-refractivity contribution in [1.29, 1.82) is 0 Å². The van der Waals surface area contributed by atoms with Gasteiger partial charge in [-0.1, -0.05) is 40.7 Å². The van der Waals surface area contributed by atoms with Gasteiger partial charge in [0.25, 0.3) is 5.91 Å². The fourth-order valence-corrected chi connectivity index (χ4v) is 11.7. The van der Waals surface area contributed by atoms with Crippen LogP contribution in [-0.4, -0.2) is 86.2 Å². The summed E-state index contributed by atoms with van der Waals surface area (Å²) in [5.74, 6) is -1.03. The first-order chi connectivity index (χ1) is 32.8. The van der Waals surface area contributed by atoms with Gasteiger partial charge in [0.2, 0.25) is 0 Å². The number of alkyl halides is 1. The van der Waals surface area contributed by atoms with Crippen molar-refractivity contribution >= 4 is 50.3 Å². The second kappa shape index (κ2) is 15.7. The van der Waals surface area contributed by atoms with E-state index < -0.39 is 28.8 Å². The summed E-state index contributed by atoms with van der Waals surface area (Å²) in [6.45, 7) is 6.60. The lowest BCUT2D eigenvalue weighted by Crippen LogP contribution is -2.45. The number of nitrogens with zero attached hydrogens (tertiary/aromatic N) is 9. The molecule has 1 amide bonds. The van der Waals surface area contributed by atoms with Crippen molar-refractivity contribution in [2.24, 2.45) is 13.0 Å². The quantitative estimate of drug-likeness (QED) is 0.113. The molecule has 350 valence electrons. The Morgan fingerprint density at radius 1 is 0.971 bits per heavy atom. The van der Waals surface area contributed by atoms with Crippen LogP contribution in [-0.2, 0) is 26.5 Å². The summed E-state index contributed by atoms with van der Waals surface area (Å²) in [5.41, 5.74) is 3.84. The van der Waals surface area contributed by atoms with E-state index >= 15 is 13.6 Å². The molecule has 2 aliphatic carbocycles. The summed E-state index contributed by atoms with van der Waals surface area (Å²) in [6, 6.07) is 14.2. The number of carbonyl (C=O) groups excluding carboxylic acids is 1. The maximum atomic E-state index is 16.3. The number of carbonyl (C=O) groups is 1. The molecule has 4 fully saturated rings. The standard InChI is InChI=1S/C49H47F2IN10O6/c1-26-17-32(18-27(2)41(26)50)62-43(60-13-12-59(47(60)65)37-8-7-36-33(42(37)51)24-53-57(36)4)40(34(23-52)55-62)39-25-66-16-14-58(39)44(63)38-20-31-19-29(30-9-15-67-48(22-30)10-11-48)5-6-35(31)61(38)49(21-28(49)3)45-54-46(64)68-56-45/h5-8,12-13,17-20,24,28,30,39H,9-11,14-16,21-23,25H2,1-4H3,(H,54,56,64)/t28-,30-,39-,49-/m0/s1. The van der Waals surface area contributed by atoms with E-state index in [-0.39, 0.29) is 54.1 Å². The minimum absolute atomic E-state index is 0.0199. The number of amides is 1. The van der Waals surface area contributed by atoms with Crippen LogP contribution in [0.5, 0.6) is 0 Å². The first kappa shape index (κ1) is 43.1. The Labute approximate surface area is 400 Å². The van der Waals surface area contributed by atoms with Gasteiger partial charge in [0.1, 0.15) is 22.9 Å². The van der Waals surface area contributed by atoms with E-state index in [2.05, 4.69) is 63.0 Å². The molecule has 7 heterocycles. The normalized spacial score (nSPS) is 22.2. The van der Waals surface area contributed by atoms with Gasteiger partial charge in [0.15, 0.2) is 11.6 Å². The summed E-state index contributed by atoms with van der Waals surface area (Å²) in [5, 5.41) is 14.7. The van der Waals surface area contributed by atoms with Crippen molar-refractivity contribution in [2.45, 2.75) is 80.4 Å². The number of nitrogens with one attached hydrogen (secondary N) is 1. The van der Waals surface area contributed by atoms with Crippen molar-refractivity contribution in [3.05, 3.63) is 139 Å². The monoisotopic (exact) mass is 1040 g/mol. The first-order valence-corrected chi connectivity index (χ1v) is 24.4. The molecule has 1 spiro atoms. The van der Waals surface area contributed by atoms with Gasteiger partial charge in [-0.2, -0.15) is 10.2 Å². The first-order valence-electron chi connectivity index (χ1n) is 22.9. The Morgan fingerprint density at radius 3 is 2.46 bits per heavy atom. The maximum absolute atomic E-state index is 16.3. The molecule has 5 aromatic heterocycles. The third-order valence-electron chi connectivity index (χ3n) is 14.9. The number of morpholine rings is 1. The molecule has 0 radical (unpaired) electrons. The van der Waals surface area contributed by atoms with Crippen molar-refractivity contribution < 1.29 is 27.6 Å². The molecule has 68 heavy (non-hydrogen) atoms. The Hall–Kier alpha value is -6.19. The fourth-order valence-electron chi connectivity index (χ4n) is 11.1. The Bertz CT molecular complexity index is 3480. The Kier molecular flexibility index (Phi) is 9.94. The van der Waals surface area contributed by atoms with Crippen LogP contribution >= 0.6 is 22.6 Å². The lowest BCUT2D eigenvalue weighted by Gasteiger charge is -2.37. The number of fused-ring (bicyclic) bond motifs is 2. The van der Waals surface area contributed by atoms with E-state index in [0.29, 0.717) is 74.3 Å². The molecule has 0 unspecified atom stereocenters. The number of aromatic amines is 1. The third-order valence-corrected chi connectivity index (χ3v) is 15.7. The summed E-state index contributed by atoms with van der Waals surface area (Å²) in [4.78, 5) is 47.9. The predicted octanol–water partition coefficient (Wildman–Crippen LogP) is 7.59. The summed E-state index contributed by atoms with van der Waals surface area (Å²) < 4.78 is 57.2. The molecule has 16 nitrogen and oxygen atoms in total. The van der Waals surface area contributed by atoms with E-state index in [0.717, 1.165) is 36.6 Å². The van der Waals surface area contributed by atoms with Crippen LogP contribution < -0.4 is 11.4 Å². The van der Waals surface area contributed by atoms with Crippen LogP contribution in [0.15, 0.2) is 81.2 Å².